The molecule has 0 radical (unpaired) electrons. The Morgan fingerprint density at radius 2 is 1.07 bits per heavy atom. The molecular weight excluding hydrogens is 587 g/mol. The highest BCUT2D eigenvalue weighted by atomic mass is 35.5. The van der Waals surface area contributed by atoms with Gasteiger partial charge in [0.1, 0.15) is 0 Å². The van der Waals surface area contributed by atoms with Gasteiger partial charge in [-0.3, -0.25) is 0 Å². The molecule has 3 aliphatic rings. The lowest BCUT2D eigenvalue weighted by molar-refractivity contribution is 0.375. The maximum Gasteiger partial charge on any atom is 0.332 e. The standard InChI is InChI=1S/C28H16Cl2N6O6/c29-12-7-5-11(6-8-12)21-31-33-27(41-21)35-23(37)17-14-9-10-15(18(17)24(35)38)20-19(14)25(39)36(26(20)40)28-34-32-22(42-28)13-3-1-2-4-16(13)30/h1-10,14-15,37-40H. The number of aromatic hydroxyl groups is 4. The summed E-state index contributed by atoms with van der Waals surface area (Å²) in [5.41, 5.74) is 2.32. The second-order valence-electron chi connectivity index (χ2n) is 9.73. The smallest absolute Gasteiger partial charge is 0.332 e. The molecule has 4 N–H and O–H groups in total. The molecule has 0 saturated carbocycles. The molecule has 4 aromatic heterocycles. The normalized spacial score (nSPS) is 16.6. The van der Waals surface area contributed by atoms with Gasteiger partial charge < -0.3 is 29.3 Å². The Morgan fingerprint density at radius 3 is 1.60 bits per heavy atom. The minimum atomic E-state index is -0.746. The Balaban J connectivity index is 1.22. The largest absolute Gasteiger partial charge is 0.494 e. The Hall–Kier alpha value is -5.20. The zero-order valence-corrected chi connectivity index (χ0v) is 22.5. The van der Waals surface area contributed by atoms with Gasteiger partial charge in [-0.15, -0.1) is 10.2 Å². The Bertz CT molecular complexity index is 2030. The van der Waals surface area contributed by atoms with Gasteiger partial charge in [-0.2, -0.15) is 0 Å². The zero-order chi connectivity index (χ0) is 28.9. The summed E-state index contributed by atoms with van der Waals surface area (Å²) in [4.78, 5) is 0. The van der Waals surface area contributed by atoms with E-state index in [0.717, 1.165) is 9.13 Å². The summed E-state index contributed by atoms with van der Waals surface area (Å²) in [5, 5.41) is 62.3. The lowest BCUT2D eigenvalue weighted by Gasteiger charge is -2.31. The number of aromatic nitrogens is 6. The molecule has 2 bridgehead atoms. The zero-order valence-electron chi connectivity index (χ0n) is 21.0. The van der Waals surface area contributed by atoms with Crippen molar-refractivity contribution >= 4 is 23.2 Å². The predicted octanol–water partition coefficient (Wildman–Crippen LogP) is 5.64. The molecule has 4 heterocycles. The molecule has 0 aliphatic heterocycles. The minimum Gasteiger partial charge on any atom is -0.494 e. The van der Waals surface area contributed by atoms with Crippen molar-refractivity contribution in [3.05, 3.63) is 93.0 Å². The quantitative estimate of drug-likeness (QED) is 0.185. The number of halogens is 2. The van der Waals surface area contributed by atoms with Gasteiger partial charge in [-0.25, -0.2) is 9.13 Å². The van der Waals surface area contributed by atoms with Crippen LogP contribution in [0.15, 0.2) is 69.5 Å². The van der Waals surface area contributed by atoms with Gasteiger partial charge in [0.05, 0.1) is 10.6 Å². The summed E-state index contributed by atoms with van der Waals surface area (Å²) in [7, 11) is 0. The molecule has 208 valence electrons. The van der Waals surface area contributed by atoms with Crippen molar-refractivity contribution < 1.29 is 29.3 Å². The van der Waals surface area contributed by atoms with E-state index in [1.54, 1.807) is 60.7 Å². The van der Waals surface area contributed by atoms with E-state index in [1.807, 2.05) is 0 Å². The lowest BCUT2D eigenvalue weighted by atomic mass is 9.70. The van der Waals surface area contributed by atoms with Crippen LogP contribution in [-0.2, 0) is 0 Å². The van der Waals surface area contributed by atoms with Crippen molar-refractivity contribution in [1.29, 1.82) is 0 Å². The van der Waals surface area contributed by atoms with Crippen molar-refractivity contribution in [2.75, 3.05) is 0 Å². The van der Waals surface area contributed by atoms with Gasteiger partial charge in [0, 0.05) is 44.7 Å². The van der Waals surface area contributed by atoms with Crippen molar-refractivity contribution in [3.63, 3.8) is 0 Å². The number of nitrogens with zero attached hydrogens (tertiary/aromatic N) is 6. The number of rotatable bonds is 4. The van der Waals surface area contributed by atoms with E-state index in [-0.39, 0.29) is 47.3 Å². The SMILES string of the molecule is Oc1c2c(c(O)n1-c1nnc(-c3ccc(Cl)cc3)o1)C1C=CC2c2c1c(O)n(-c1nnc(-c3ccccc3Cl)o1)c2O. The summed E-state index contributed by atoms with van der Waals surface area (Å²) < 4.78 is 13.6. The number of allylic oxidation sites excluding steroid dienone is 2. The molecule has 42 heavy (non-hydrogen) atoms. The Morgan fingerprint density at radius 1 is 0.595 bits per heavy atom. The van der Waals surface area contributed by atoms with E-state index >= 15 is 0 Å². The molecule has 2 aromatic carbocycles. The fourth-order valence-corrected chi connectivity index (χ4v) is 6.06. The van der Waals surface area contributed by atoms with E-state index in [2.05, 4.69) is 20.4 Å². The third kappa shape index (κ3) is 3.24. The van der Waals surface area contributed by atoms with Gasteiger partial charge in [0.25, 0.3) is 5.89 Å². The Kier molecular flexibility index (Phi) is 5.06. The summed E-state index contributed by atoms with van der Waals surface area (Å²) in [6.45, 7) is 0. The lowest BCUT2D eigenvalue weighted by Crippen LogP contribution is -2.17. The van der Waals surface area contributed by atoms with Crippen LogP contribution in [0.3, 0.4) is 0 Å². The van der Waals surface area contributed by atoms with Crippen LogP contribution in [0, 0.1) is 0 Å². The van der Waals surface area contributed by atoms with Gasteiger partial charge in [-0.05, 0) is 36.4 Å². The molecule has 2 unspecified atom stereocenters. The highest BCUT2D eigenvalue weighted by Gasteiger charge is 2.47. The van der Waals surface area contributed by atoms with Crippen LogP contribution < -0.4 is 0 Å². The first-order valence-corrected chi connectivity index (χ1v) is 13.3. The van der Waals surface area contributed by atoms with Crippen LogP contribution in [0.2, 0.25) is 10.0 Å². The van der Waals surface area contributed by atoms with Crippen LogP contribution in [-0.4, -0.2) is 50.0 Å². The summed E-state index contributed by atoms with van der Waals surface area (Å²) in [6, 6.07) is 13.2. The van der Waals surface area contributed by atoms with Crippen LogP contribution in [0.1, 0.15) is 34.1 Å². The molecule has 0 saturated heterocycles. The summed E-state index contributed by atoms with van der Waals surface area (Å²) in [5.74, 6) is -2.70. The molecule has 12 nitrogen and oxygen atoms in total. The van der Waals surface area contributed by atoms with Gasteiger partial charge in [-0.1, -0.05) is 57.7 Å². The third-order valence-corrected chi connectivity index (χ3v) is 8.12. The van der Waals surface area contributed by atoms with E-state index in [0.29, 0.717) is 43.4 Å². The summed E-state index contributed by atoms with van der Waals surface area (Å²) >= 11 is 12.2. The fraction of sp³-hybridized carbons (Fsp3) is 0.0714. The summed E-state index contributed by atoms with van der Waals surface area (Å²) in [6.07, 6.45) is 3.52. The molecule has 2 atom stereocenters. The average Bonchev–Trinajstić information content (AvgIpc) is 3.77. The fourth-order valence-electron chi connectivity index (χ4n) is 5.71. The van der Waals surface area contributed by atoms with Crippen molar-refractivity contribution in [2.24, 2.45) is 0 Å². The van der Waals surface area contributed by atoms with Crippen molar-refractivity contribution in [2.45, 2.75) is 11.8 Å². The first-order valence-electron chi connectivity index (χ1n) is 12.5. The highest BCUT2D eigenvalue weighted by Crippen LogP contribution is 2.61. The number of hydrogen-bond acceptors (Lipinski definition) is 10. The van der Waals surface area contributed by atoms with E-state index in [4.69, 9.17) is 32.0 Å². The monoisotopic (exact) mass is 602 g/mol. The van der Waals surface area contributed by atoms with Crippen LogP contribution in [0.5, 0.6) is 23.5 Å². The second-order valence-corrected chi connectivity index (χ2v) is 10.6. The minimum absolute atomic E-state index is 0.0907. The maximum atomic E-state index is 11.3. The van der Waals surface area contributed by atoms with Crippen molar-refractivity contribution in [1.82, 2.24) is 29.5 Å². The molecule has 3 aliphatic carbocycles. The highest BCUT2D eigenvalue weighted by molar-refractivity contribution is 6.33. The molecule has 6 aromatic rings. The first kappa shape index (κ1) is 24.6. The third-order valence-electron chi connectivity index (χ3n) is 7.54. The van der Waals surface area contributed by atoms with Gasteiger partial charge in [0.15, 0.2) is 0 Å². The Labute approximate surface area is 245 Å². The van der Waals surface area contributed by atoms with E-state index < -0.39 is 11.8 Å². The second kappa shape index (κ2) is 8.65. The van der Waals surface area contributed by atoms with Crippen LogP contribution in [0.4, 0.5) is 0 Å². The van der Waals surface area contributed by atoms with Crippen LogP contribution in [0.25, 0.3) is 34.9 Å². The van der Waals surface area contributed by atoms with Gasteiger partial charge in [0.2, 0.25) is 29.4 Å². The maximum absolute atomic E-state index is 11.3. The number of hydrogen-bond donors (Lipinski definition) is 4. The first-order chi connectivity index (χ1) is 20.3. The molecule has 0 amide bonds. The molecular formula is C28H16Cl2N6O6. The molecule has 0 fully saturated rings. The van der Waals surface area contributed by atoms with E-state index in [9.17, 15) is 20.4 Å². The van der Waals surface area contributed by atoms with Crippen LogP contribution >= 0.6 is 23.2 Å². The molecule has 9 rings (SSSR count). The average molecular weight is 603 g/mol. The molecule has 14 heteroatoms. The predicted molar refractivity (Wildman–Crippen MR) is 148 cm³/mol. The number of benzene rings is 2. The topological polar surface area (TPSA) is 169 Å². The van der Waals surface area contributed by atoms with E-state index in [1.165, 1.54) is 0 Å². The van der Waals surface area contributed by atoms with Crippen molar-refractivity contribution in [3.8, 4) is 58.5 Å². The molecule has 0 spiro atoms. The van der Waals surface area contributed by atoms with Gasteiger partial charge >= 0.3 is 12.0 Å².